The van der Waals surface area contributed by atoms with E-state index in [4.69, 9.17) is 0 Å². The fourth-order valence-electron chi connectivity index (χ4n) is 4.23. The maximum atomic E-state index is 12.7. The van der Waals surface area contributed by atoms with Crippen LogP contribution < -0.4 is 4.90 Å². The molecule has 0 N–H and O–H groups in total. The van der Waals surface area contributed by atoms with Gasteiger partial charge in [0.2, 0.25) is 5.91 Å². The molecule has 3 heterocycles. The Morgan fingerprint density at radius 1 is 1.08 bits per heavy atom. The summed E-state index contributed by atoms with van der Waals surface area (Å²) >= 11 is 0. The van der Waals surface area contributed by atoms with Gasteiger partial charge in [-0.25, -0.2) is 9.97 Å². The van der Waals surface area contributed by atoms with Crippen LogP contribution in [0.25, 0.3) is 11.0 Å². The lowest BCUT2D eigenvalue weighted by Gasteiger charge is -2.37. The van der Waals surface area contributed by atoms with Crippen LogP contribution in [0.3, 0.4) is 0 Å². The van der Waals surface area contributed by atoms with Gasteiger partial charge >= 0.3 is 0 Å². The van der Waals surface area contributed by atoms with Gasteiger partial charge in [0.25, 0.3) is 0 Å². The molecular weight excluding hydrogens is 316 g/mol. The van der Waals surface area contributed by atoms with Gasteiger partial charge in [0.1, 0.15) is 17.4 Å². The summed E-state index contributed by atoms with van der Waals surface area (Å²) < 4.78 is 1.86. The minimum Gasteiger partial charge on any atom is -0.351 e. The Balaban J connectivity index is 1.48. The molecule has 2 fully saturated rings. The highest BCUT2D eigenvalue weighted by molar-refractivity contribution is 5.88. The molecule has 1 amide bonds. The van der Waals surface area contributed by atoms with Gasteiger partial charge in [0.05, 0.1) is 5.69 Å². The number of aromatic nitrogens is 4. The van der Waals surface area contributed by atoms with Crippen molar-refractivity contribution in [3.8, 4) is 0 Å². The topological polar surface area (TPSA) is 67.2 Å². The van der Waals surface area contributed by atoms with Crippen molar-refractivity contribution in [3.63, 3.8) is 0 Å². The normalized spacial score (nSPS) is 19.6. The van der Waals surface area contributed by atoms with Crippen molar-refractivity contribution >= 4 is 22.8 Å². The number of rotatable bonds is 2. The first-order valence-electron chi connectivity index (χ1n) is 9.33. The molecule has 0 radical (unpaired) electrons. The third-order valence-electron chi connectivity index (χ3n) is 5.61. The van der Waals surface area contributed by atoms with Crippen molar-refractivity contribution in [2.75, 3.05) is 31.1 Å². The Morgan fingerprint density at radius 3 is 2.52 bits per heavy atom. The van der Waals surface area contributed by atoms with Crippen LogP contribution in [0.5, 0.6) is 0 Å². The van der Waals surface area contributed by atoms with Gasteiger partial charge in [-0.3, -0.25) is 9.48 Å². The Hall–Kier alpha value is -2.18. The molecule has 0 atom stereocenters. The lowest BCUT2D eigenvalue weighted by atomic mass is 9.88. The summed E-state index contributed by atoms with van der Waals surface area (Å²) in [6, 6.07) is 0. The summed E-state index contributed by atoms with van der Waals surface area (Å²) in [4.78, 5) is 25.9. The van der Waals surface area contributed by atoms with Gasteiger partial charge < -0.3 is 9.80 Å². The largest absolute Gasteiger partial charge is 0.351 e. The van der Waals surface area contributed by atoms with Crippen LogP contribution in [0.2, 0.25) is 0 Å². The summed E-state index contributed by atoms with van der Waals surface area (Å²) in [6.07, 6.45) is 7.45. The van der Waals surface area contributed by atoms with Gasteiger partial charge in [-0.05, 0) is 19.8 Å². The number of anilines is 1. The van der Waals surface area contributed by atoms with E-state index in [2.05, 4.69) is 24.9 Å². The minimum absolute atomic E-state index is 0.255. The van der Waals surface area contributed by atoms with Crippen LogP contribution >= 0.6 is 0 Å². The standard InChI is InChI=1S/C18H26N6O/c1-13-15-16(22(2)21-13)17(20-12-19-15)23-8-10-24(11-9-23)18(25)14-6-4-3-5-7-14/h12,14H,3-11H2,1-2H3. The SMILES string of the molecule is Cc1nn(C)c2c(N3CCN(C(=O)C4CCCCC4)CC3)ncnc12. The first-order chi connectivity index (χ1) is 12.1. The smallest absolute Gasteiger partial charge is 0.225 e. The Labute approximate surface area is 148 Å². The second kappa shape index (κ2) is 6.61. The highest BCUT2D eigenvalue weighted by atomic mass is 16.2. The van der Waals surface area contributed by atoms with E-state index in [1.165, 1.54) is 19.3 Å². The fraction of sp³-hybridized carbons (Fsp3) is 0.667. The van der Waals surface area contributed by atoms with E-state index >= 15 is 0 Å². The molecule has 4 rings (SSSR count). The van der Waals surface area contributed by atoms with Crippen molar-refractivity contribution in [2.24, 2.45) is 13.0 Å². The maximum absolute atomic E-state index is 12.7. The maximum Gasteiger partial charge on any atom is 0.225 e. The molecule has 1 saturated heterocycles. The van der Waals surface area contributed by atoms with E-state index in [1.54, 1.807) is 6.33 Å². The molecule has 0 bridgehead atoms. The van der Waals surface area contributed by atoms with E-state index in [1.807, 2.05) is 18.7 Å². The molecule has 1 aliphatic heterocycles. The molecule has 0 spiro atoms. The van der Waals surface area contributed by atoms with Crippen molar-refractivity contribution in [1.82, 2.24) is 24.6 Å². The van der Waals surface area contributed by atoms with E-state index in [-0.39, 0.29) is 5.92 Å². The lowest BCUT2D eigenvalue weighted by Crippen LogP contribution is -2.51. The fourth-order valence-corrected chi connectivity index (χ4v) is 4.23. The molecule has 2 aliphatic rings. The number of piperazine rings is 1. The quantitative estimate of drug-likeness (QED) is 0.834. The Bertz CT molecular complexity index is 771. The van der Waals surface area contributed by atoms with E-state index in [0.29, 0.717) is 5.91 Å². The van der Waals surface area contributed by atoms with Crippen molar-refractivity contribution in [3.05, 3.63) is 12.0 Å². The average molecular weight is 342 g/mol. The van der Waals surface area contributed by atoms with Crippen LogP contribution in [0.1, 0.15) is 37.8 Å². The van der Waals surface area contributed by atoms with Crippen LogP contribution in [0.4, 0.5) is 5.82 Å². The molecule has 0 unspecified atom stereocenters. The van der Waals surface area contributed by atoms with E-state index in [0.717, 1.165) is 61.6 Å². The van der Waals surface area contributed by atoms with Gasteiger partial charge in [-0.1, -0.05) is 19.3 Å². The van der Waals surface area contributed by atoms with E-state index in [9.17, 15) is 4.79 Å². The summed E-state index contributed by atoms with van der Waals surface area (Å²) in [7, 11) is 1.94. The minimum atomic E-state index is 0.255. The van der Waals surface area contributed by atoms with Crippen LogP contribution in [-0.2, 0) is 11.8 Å². The van der Waals surface area contributed by atoms with Crippen molar-refractivity contribution in [1.29, 1.82) is 0 Å². The molecule has 2 aromatic rings. The molecule has 0 aromatic carbocycles. The van der Waals surface area contributed by atoms with Crippen LogP contribution in [-0.4, -0.2) is 56.7 Å². The second-order valence-corrected chi connectivity index (χ2v) is 7.25. The van der Waals surface area contributed by atoms with Crippen molar-refractivity contribution < 1.29 is 4.79 Å². The number of aryl methyl sites for hydroxylation is 2. The van der Waals surface area contributed by atoms with Gasteiger partial charge in [0.15, 0.2) is 5.82 Å². The zero-order chi connectivity index (χ0) is 17.4. The number of carbonyl (C=O) groups is 1. The summed E-state index contributed by atoms with van der Waals surface area (Å²) in [5.41, 5.74) is 2.81. The Kier molecular flexibility index (Phi) is 4.31. The molecule has 1 saturated carbocycles. The number of nitrogens with zero attached hydrogens (tertiary/aromatic N) is 6. The van der Waals surface area contributed by atoms with Crippen LogP contribution in [0.15, 0.2) is 6.33 Å². The molecular formula is C18H26N6O. The number of hydrogen-bond acceptors (Lipinski definition) is 5. The average Bonchev–Trinajstić information content (AvgIpc) is 2.96. The molecule has 7 nitrogen and oxygen atoms in total. The van der Waals surface area contributed by atoms with Gasteiger partial charge in [-0.15, -0.1) is 0 Å². The van der Waals surface area contributed by atoms with Crippen LogP contribution in [0, 0.1) is 12.8 Å². The highest BCUT2D eigenvalue weighted by Crippen LogP contribution is 2.28. The summed E-state index contributed by atoms with van der Waals surface area (Å²) in [5, 5.41) is 4.47. The predicted molar refractivity (Wildman–Crippen MR) is 96.4 cm³/mol. The first-order valence-corrected chi connectivity index (χ1v) is 9.33. The third kappa shape index (κ3) is 2.96. The lowest BCUT2D eigenvalue weighted by molar-refractivity contribution is -0.136. The number of carbonyl (C=O) groups excluding carboxylic acids is 1. The monoisotopic (exact) mass is 342 g/mol. The summed E-state index contributed by atoms with van der Waals surface area (Å²) in [5.74, 6) is 1.55. The Morgan fingerprint density at radius 2 is 1.80 bits per heavy atom. The highest BCUT2D eigenvalue weighted by Gasteiger charge is 2.29. The number of fused-ring (bicyclic) bond motifs is 1. The molecule has 134 valence electrons. The third-order valence-corrected chi connectivity index (χ3v) is 5.61. The zero-order valence-electron chi connectivity index (χ0n) is 15.1. The van der Waals surface area contributed by atoms with Crippen molar-refractivity contribution in [2.45, 2.75) is 39.0 Å². The molecule has 25 heavy (non-hydrogen) atoms. The number of amides is 1. The zero-order valence-corrected chi connectivity index (χ0v) is 15.1. The molecule has 1 aliphatic carbocycles. The van der Waals surface area contributed by atoms with Gasteiger partial charge in [-0.2, -0.15) is 5.10 Å². The van der Waals surface area contributed by atoms with E-state index < -0.39 is 0 Å². The number of hydrogen-bond donors (Lipinski definition) is 0. The van der Waals surface area contributed by atoms with Gasteiger partial charge in [0, 0.05) is 39.1 Å². The second-order valence-electron chi connectivity index (χ2n) is 7.25. The predicted octanol–water partition coefficient (Wildman–Crippen LogP) is 1.90. The molecule has 2 aromatic heterocycles. The first kappa shape index (κ1) is 16.3. The molecule has 7 heteroatoms. The summed E-state index contributed by atoms with van der Waals surface area (Å²) in [6.45, 7) is 5.15.